The topological polar surface area (TPSA) is 41.5 Å². The van der Waals surface area contributed by atoms with E-state index in [1.54, 1.807) is 0 Å². The van der Waals surface area contributed by atoms with E-state index in [0.717, 1.165) is 22.5 Å². The molecule has 3 heteroatoms. The van der Waals surface area contributed by atoms with Crippen molar-refractivity contribution in [1.82, 2.24) is 0 Å². The van der Waals surface area contributed by atoms with Gasteiger partial charge in [-0.25, -0.2) is 0 Å². The Kier molecular flexibility index (Phi) is 3.07. The maximum Gasteiger partial charge on any atom is 0.246 e. The Hall–Kier alpha value is -2.42. The molecule has 1 N–H and O–H groups in total. The lowest BCUT2D eigenvalue weighted by molar-refractivity contribution is -0.114. The van der Waals surface area contributed by atoms with Gasteiger partial charge in [0.2, 0.25) is 5.91 Å². The summed E-state index contributed by atoms with van der Waals surface area (Å²) in [5.41, 5.74) is 6.48. The van der Waals surface area contributed by atoms with Gasteiger partial charge in [0, 0.05) is 11.1 Å². The molecule has 2 aromatic rings. The second-order valence-corrected chi connectivity index (χ2v) is 6.11. The largest absolute Gasteiger partial charge is 0.324 e. The van der Waals surface area contributed by atoms with Crippen LogP contribution in [0.2, 0.25) is 0 Å². The first-order valence-electron chi connectivity index (χ1n) is 7.77. The molecule has 0 saturated heterocycles. The van der Waals surface area contributed by atoms with Gasteiger partial charge in [-0.3, -0.25) is 9.79 Å². The molecule has 22 heavy (non-hydrogen) atoms. The smallest absolute Gasteiger partial charge is 0.246 e. The molecule has 110 valence electrons. The number of benzodiazepines with no additional fused rings is 1. The molecule has 0 atom stereocenters. The summed E-state index contributed by atoms with van der Waals surface area (Å²) < 4.78 is 0. The fraction of sp³-hybridized carbons (Fsp3) is 0.263. The number of anilines is 1. The molecule has 0 aromatic heterocycles. The number of benzene rings is 2. The highest BCUT2D eigenvalue weighted by Gasteiger charge is 2.26. The zero-order valence-corrected chi connectivity index (χ0v) is 12.6. The van der Waals surface area contributed by atoms with E-state index in [-0.39, 0.29) is 12.5 Å². The highest BCUT2D eigenvalue weighted by molar-refractivity contribution is 6.19. The third kappa shape index (κ3) is 2.33. The lowest BCUT2D eigenvalue weighted by atomic mass is 9.94. The van der Waals surface area contributed by atoms with Crippen LogP contribution in [0.4, 0.5) is 5.69 Å². The first-order chi connectivity index (χ1) is 10.7. The summed E-state index contributed by atoms with van der Waals surface area (Å²) in [5, 5.41) is 2.97. The summed E-state index contributed by atoms with van der Waals surface area (Å²) in [4.78, 5) is 16.5. The molecule has 2 aliphatic rings. The molecule has 0 bridgehead atoms. The van der Waals surface area contributed by atoms with E-state index in [4.69, 9.17) is 0 Å². The number of rotatable bonds is 2. The predicted molar refractivity (Wildman–Crippen MR) is 88.7 cm³/mol. The monoisotopic (exact) mass is 290 g/mol. The van der Waals surface area contributed by atoms with Crippen molar-refractivity contribution in [2.45, 2.75) is 25.7 Å². The summed E-state index contributed by atoms with van der Waals surface area (Å²) in [6, 6.07) is 14.6. The molecule has 1 amide bonds. The standard InChI is InChI=1S/C19H18N2O/c1-12-4-2-3-5-15(12)19-16-10-14(13-6-7-13)8-9-17(16)21-18(22)11-20-19/h2-5,8-10,13H,6-7,11H2,1H3,(H,21,22). The molecule has 1 aliphatic heterocycles. The molecular weight excluding hydrogens is 272 g/mol. The van der Waals surface area contributed by atoms with Gasteiger partial charge < -0.3 is 5.32 Å². The van der Waals surface area contributed by atoms with Gasteiger partial charge in [0.1, 0.15) is 6.54 Å². The molecule has 1 aliphatic carbocycles. The number of aryl methyl sites for hydroxylation is 1. The average molecular weight is 290 g/mol. The Morgan fingerprint density at radius 3 is 2.68 bits per heavy atom. The number of carbonyl (C=O) groups excluding carboxylic acids is 1. The van der Waals surface area contributed by atoms with Gasteiger partial charge in [0.15, 0.2) is 0 Å². The van der Waals surface area contributed by atoms with E-state index in [2.05, 4.69) is 41.5 Å². The maximum absolute atomic E-state index is 11.9. The lowest BCUT2D eigenvalue weighted by Gasteiger charge is -2.13. The second kappa shape index (κ2) is 5.09. The molecule has 4 rings (SSSR count). The summed E-state index contributed by atoms with van der Waals surface area (Å²) >= 11 is 0. The van der Waals surface area contributed by atoms with Gasteiger partial charge in [0.05, 0.1) is 11.4 Å². The predicted octanol–water partition coefficient (Wildman–Crippen LogP) is 3.66. The maximum atomic E-state index is 11.9. The number of amides is 1. The Bertz CT molecular complexity index is 788. The fourth-order valence-corrected chi connectivity index (χ4v) is 3.03. The summed E-state index contributed by atoms with van der Waals surface area (Å²) in [6.07, 6.45) is 2.53. The second-order valence-electron chi connectivity index (χ2n) is 6.11. The van der Waals surface area contributed by atoms with Crippen LogP contribution in [0.15, 0.2) is 47.5 Å². The fourth-order valence-electron chi connectivity index (χ4n) is 3.03. The van der Waals surface area contributed by atoms with Crippen molar-refractivity contribution in [2.24, 2.45) is 4.99 Å². The van der Waals surface area contributed by atoms with Crippen molar-refractivity contribution >= 4 is 17.3 Å². The highest BCUT2D eigenvalue weighted by Crippen LogP contribution is 2.41. The molecule has 3 nitrogen and oxygen atoms in total. The summed E-state index contributed by atoms with van der Waals surface area (Å²) in [5.74, 6) is 0.631. The molecule has 2 aromatic carbocycles. The van der Waals surface area contributed by atoms with E-state index < -0.39 is 0 Å². The number of nitrogens with one attached hydrogen (secondary N) is 1. The van der Waals surface area contributed by atoms with Crippen molar-refractivity contribution in [3.8, 4) is 0 Å². The van der Waals surface area contributed by atoms with Crippen molar-refractivity contribution in [3.05, 3.63) is 64.7 Å². The van der Waals surface area contributed by atoms with Gasteiger partial charge in [-0.2, -0.15) is 0 Å². The highest BCUT2D eigenvalue weighted by atomic mass is 16.1. The zero-order chi connectivity index (χ0) is 15.1. The van der Waals surface area contributed by atoms with E-state index in [0.29, 0.717) is 5.92 Å². The van der Waals surface area contributed by atoms with Gasteiger partial charge in [-0.1, -0.05) is 30.3 Å². The Labute approximate surface area is 130 Å². The van der Waals surface area contributed by atoms with Gasteiger partial charge >= 0.3 is 0 Å². The Morgan fingerprint density at radius 1 is 1.09 bits per heavy atom. The number of hydrogen-bond acceptors (Lipinski definition) is 2. The van der Waals surface area contributed by atoms with Crippen LogP contribution in [-0.2, 0) is 4.79 Å². The number of aliphatic imine (C=N–C) groups is 1. The molecular formula is C19H18N2O. The van der Waals surface area contributed by atoms with Crippen LogP contribution in [0, 0.1) is 6.92 Å². The third-order valence-corrected chi connectivity index (χ3v) is 4.40. The first kappa shape index (κ1) is 13.3. The van der Waals surface area contributed by atoms with Crippen LogP contribution in [0.3, 0.4) is 0 Å². The molecule has 1 heterocycles. The molecule has 0 radical (unpaired) electrons. The van der Waals surface area contributed by atoms with Crippen LogP contribution in [-0.4, -0.2) is 18.2 Å². The molecule has 0 unspecified atom stereocenters. The minimum Gasteiger partial charge on any atom is -0.324 e. The van der Waals surface area contributed by atoms with Crippen LogP contribution >= 0.6 is 0 Å². The van der Waals surface area contributed by atoms with Gasteiger partial charge in [-0.05, 0) is 48.9 Å². The number of hydrogen-bond donors (Lipinski definition) is 1. The number of fused-ring (bicyclic) bond motifs is 1. The van der Waals surface area contributed by atoms with Crippen molar-refractivity contribution in [3.63, 3.8) is 0 Å². The average Bonchev–Trinajstić information content (AvgIpc) is 3.35. The van der Waals surface area contributed by atoms with Gasteiger partial charge in [0.25, 0.3) is 0 Å². The summed E-state index contributed by atoms with van der Waals surface area (Å²) in [6.45, 7) is 2.26. The van der Waals surface area contributed by atoms with Gasteiger partial charge in [-0.15, -0.1) is 0 Å². The van der Waals surface area contributed by atoms with Crippen molar-refractivity contribution in [2.75, 3.05) is 11.9 Å². The van der Waals surface area contributed by atoms with E-state index >= 15 is 0 Å². The number of nitrogens with zero attached hydrogens (tertiary/aromatic N) is 1. The van der Waals surface area contributed by atoms with Crippen LogP contribution in [0.5, 0.6) is 0 Å². The zero-order valence-electron chi connectivity index (χ0n) is 12.6. The van der Waals surface area contributed by atoms with E-state index in [1.165, 1.54) is 24.0 Å². The SMILES string of the molecule is Cc1ccccc1C1=NCC(=O)Nc2ccc(C3CC3)cc21. The normalized spacial score (nSPS) is 17.3. The number of carbonyl (C=O) groups is 1. The first-order valence-corrected chi connectivity index (χ1v) is 7.77. The quantitative estimate of drug-likeness (QED) is 0.901. The van der Waals surface area contributed by atoms with E-state index in [9.17, 15) is 4.79 Å². The van der Waals surface area contributed by atoms with Crippen LogP contribution < -0.4 is 5.32 Å². The minimum absolute atomic E-state index is 0.0518. The van der Waals surface area contributed by atoms with Crippen LogP contribution in [0.25, 0.3) is 0 Å². The third-order valence-electron chi connectivity index (χ3n) is 4.40. The Morgan fingerprint density at radius 2 is 1.91 bits per heavy atom. The summed E-state index contributed by atoms with van der Waals surface area (Å²) in [7, 11) is 0. The van der Waals surface area contributed by atoms with Crippen molar-refractivity contribution < 1.29 is 4.79 Å². The Balaban J connectivity index is 1.90. The lowest BCUT2D eigenvalue weighted by Crippen LogP contribution is -2.13. The molecule has 1 fully saturated rings. The van der Waals surface area contributed by atoms with E-state index in [1.807, 2.05) is 18.2 Å². The van der Waals surface area contributed by atoms with Crippen molar-refractivity contribution in [1.29, 1.82) is 0 Å². The van der Waals surface area contributed by atoms with Crippen LogP contribution in [0.1, 0.15) is 41.0 Å². The molecule has 1 saturated carbocycles. The minimum atomic E-state index is -0.0518. The molecule has 0 spiro atoms.